The zero-order valence-electron chi connectivity index (χ0n) is 9.32. The summed E-state index contributed by atoms with van der Waals surface area (Å²) >= 11 is 0. The SMILES string of the molecule is CNC(=O)OCCSSCC(N)C(=O)NC. The van der Waals surface area contributed by atoms with E-state index in [2.05, 4.69) is 10.6 Å². The standard InChI is InChI=1S/C8H17N3O3S2/c1-10-7(12)6(9)5-16-15-4-3-14-8(13)11-2/h6H,3-5,9H2,1-2H3,(H,10,12)(H,11,13). The molecule has 4 N–H and O–H groups in total. The number of hydrogen-bond acceptors (Lipinski definition) is 6. The fraction of sp³-hybridized carbons (Fsp3) is 0.750. The van der Waals surface area contributed by atoms with Crippen LogP contribution in [0.5, 0.6) is 0 Å². The van der Waals surface area contributed by atoms with Crippen LogP contribution < -0.4 is 16.4 Å². The minimum Gasteiger partial charge on any atom is -0.449 e. The van der Waals surface area contributed by atoms with Crippen LogP contribution in [0.1, 0.15) is 0 Å². The second kappa shape index (κ2) is 9.61. The summed E-state index contributed by atoms with van der Waals surface area (Å²) in [6, 6.07) is -0.498. The lowest BCUT2D eigenvalue weighted by molar-refractivity contribution is -0.121. The number of rotatable bonds is 7. The van der Waals surface area contributed by atoms with Gasteiger partial charge in [-0.2, -0.15) is 0 Å². The number of alkyl carbamates (subject to hydrolysis) is 1. The van der Waals surface area contributed by atoms with Crippen LogP contribution in [0, 0.1) is 0 Å². The summed E-state index contributed by atoms with van der Waals surface area (Å²) in [5, 5.41) is 4.82. The maximum absolute atomic E-state index is 11.0. The van der Waals surface area contributed by atoms with Gasteiger partial charge in [-0.1, -0.05) is 21.6 Å². The van der Waals surface area contributed by atoms with E-state index >= 15 is 0 Å². The molecule has 0 heterocycles. The van der Waals surface area contributed by atoms with Crippen LogP contribution >= 0.6 is 21.6 Å². The van der Waals surface area contributed by atoms with Gasteiger partial charge in [-0.15, -0.1) is 0 Å². The van der Waals surface area contributed by atoms with Crippen molar-refractivity contribution in [3.63, 3.8) is 0 Å². The van der Waals surface area contributed by atoms with Gasteiger partial charge in [0.15, 0.2) is 0 Å². The number of nitrogens with one attached hydrogen (secondary N) is 2. The third-order valence-electron chi connectivity index (χ3n) is 1.52. The van der Waals surface area contributed by atoms with Gasteiger partial charge in [-0.3, -0.25) is 4.79 Å². The lowest BCUT2D eigenvalue weighted by atomic mass is 10.3. The van der Waals surface area contributed by atoms with Crippen molar-refractivity contribution in [1.29, 1.82) is 0 Å². The molecule has 0 aromatic heterocycles. The van der Waals surface area contributed by atoms with Crippen LogP contribution in [0.15, 0.2) is 0 Å². The summed E-state index contributed by atoms with van der Waals surface area (Å²) in [7, 11) is 6.06. The summed E-state index contributed by atoms with van der Waals surface area (Å²) in [5.74, 6) is 1.03. The summed E-state index contributed by atoms with van der Waals surface area (Å²) in [6.45, 7) is 0.340. The third-order valence-corrected chi connectivity index (χ3v) is 3.92. The van der Waals surface area contributed by atoms with Crippen LogP contribution in [0.2, 0.25) is 0 Å². The molecule has 94 valence electrons. The fourth-order valence-electron chi connectivity index (χ4n) is 0.682. The Labute approximate surface area is 103 Å². The molecule has 0 aromatic carbocycles. The summed E-state index contributed by atoms with van der Waals surface area (Å²) < 4.78 is 4.77. The van der Waals surface area contributed by atoms with Gasteiger partial charge in [0.2, 0.25) is 5.91 Å². The van der Waals surface area contributed by atoms with Crippen LogP contribution in [-0.2, 0) is 9.53 Å². The smallest absolute Gasteiger partial charge is 0.406 e. The van der Waals surface area contributed by atoms with Gasteiger partial charge in [0.1, 0.15) is 6.61 Å². The Morgan fingerprint density at radius 3 is 2.56 bits per heavy atom. The zero-order chi connectivity index (χ0) is 12.4. The van der Waals surface area contributed by atoms with Crippen molar-refractivity contribution < 1.29 is 14.3 Å². The molecular formula is C8H17N3O3S2. The highest BCUT2D eigenvalue weighted by atomic mass is 33.1. The second-order valence-corrected chi connectivity index (χ2v) is 5.34. The molecule has 16 heavy (non-hydrogen) atoms. The summed E-state index contributed by atoms with van der Waals surface area (Å²) in [4.78, 5) is 21.7. The average Bonchev–Trinajstić information content (AvgIpc) is 2.31. The fourth-order valence-corrected chi connectivity index (χ4v) is 2.63. The Balaban J connectivity index is 3.33. The highest BCUT2D eigenvalue weighted by Gasteiger charge is 2.10. The molecule has 1 unspecified atom stereocenters. The quantitative estimate of drug-likeness (QED) is 0.437. The Bertz CT molecular complexity index is 229. The number of carbonyl (C=O) groups is 2. The predicted octanol–water partition coefficient (Wildman–Crippen LogP) is -0.203. The molecule has 8 heteroatoms. The average molecular weight is 267 g/mol. The largest absolute Gasteiger partial charge is 0.449 e. The van der Waals surface area contributed by atoms with Gasteiger partial charge in [-0.05, 0) is 0 Å². The van der Waals surface area contributed by atoms with E-state index in [1.807, 2.05) is 0 Å². The molecule has 0 aliphatic heterocycles. The van der Waals surface area contributed by atoms with Gasteiger partial charge in [0.05, 0.1) is 6.04 Å². The molecule has 0 saturated carbocycles. The van der Waals surface area contributed by atoms with Crippen molar-refractivity contribution in [1.82, 2.24) is 10.6 Å². The third kappa shape index (κ3) is 7.66. The van der Waals surface area contributed by atoms with Crippen molar-refractivity contribution >= 4 is 33.6 Å². The molecule has 2 amide bonds. The normalized spacial score (nSPS) is 11.7. The Morgan fingerprint density at radius 2 is 2.00 bits per heavy atom. The minimum absolute atomic E-state index is 0.172. The minimum atomic E-state index is -0.498. The van der Waals surface area contributed by atoms with E-state index in [9.17, 15) is 9.59 Å². The Kier molecular flexibility index (Phi) is 9.25. The summed E-state index contributed by atoms with van der Waals surface area (Å²) in [6.07, 6.45) is -0.437. The Hall–Kier alpha value is -0.600. The molecule has 0 fully saturated rings. The van der Waals surface area contributed by atoms with Gasteiger partial charge >= 0.3 is 6.09 Å². The van der Waals surface area contributed by atoms with Crippen LogP contribution in [0.4, 0.5) is 4.79 Å². The zero-order valence-corrected chi connectivity index (χ0v) is 11.0. The number of amides is 2. The molecule has 1 atom stereocenters. The molecule has 0 radical (unpaired) electrons. The van der Waals surface area contributed by atoms with Crippen molar-refractivity contribution in [2.24, 2.45) is 5.73 Å². The molecule has 0 aliphatic carbocycles. The predicted molar refractivity (Wildman–Crippen MR) is 67.4 cm³/mol. The van der Waals surface area contributed by atoms with E-state index < -0.39 is 12.1 Å². The van der Waals surface area contributed by atoms with E-state index in [4.69, 9.17) is 10.5 Å². The van der Waals surface area contributed by atoms with Crippen LogP contribution in [0.25, 0.3) is 0 Å². The molecule has 0 aliphatic rings. The van der Waals surface area contributed by atoms with Crippen LogP contribution in [-0.4, -0.2) is 50.3 Å². The Morgan fingerprint density at radius 1 is 1.31 bits per heavy atom. The van der Waals surface area contributed by atoms with Crippen molar-refractivity contribution in [3.8, 4) is 0 Å². The first-order valence-corrected chi connectivity index (χ1v) is 7.16. The number of likely N-dealkylation sites (N-methyl/N-ethyl adjacent to an activating group) is 1. The van der Waals surface area contributed by atoms with E-state index in [1.54, 1.807) is 7.05 Å². The number of hydrogen-bond donors (Lipinski definition) is 3. The van der Waals surface area contributed by atoms with Gasteiger partial charge in [0.25, 0.3) is 0 Å². The van der Waals surface area contributed by atoms with E-state index in [1.165, 1.54) is 28.6 Å². The molecule has 0 bridgehead atoms. The highest BCUT2D eigenvalue weighted by Crippen LogP contribution is 2.21. The van der Waals surface area contributed by atoms with Crippen molar-refractivity contribution in [2.75, 3.05) is 32.2 Å². The number of carbonyl (C=O) groups excluding carboxylic acids is 2. The molecule has 0 aromatic rings. The molecule has 6 nitrogen and oxygen atoms in total. The number of nitrogens with two attached hydrogens (primary N) is 1. The van der Waals surface area contributed by atoms with E-state index in [-0.39, 0.29) is 5.91 Å². The molecular weight excluding hydrogens is 250 g/mol. The highest BCUT2D eigenvalue weighted by molar-refractivity contribution is 8.76. The molecule has 0 saturated heterocycles. The van der Waals surface area contributed by atoms with Gasteiger partial charge < -0.3 is 21.1 Å². The van der Waals surface area contributed by atoms with Crippen molar-refractivity contribution in [3.05, 3.63) is 0 Å². The molecule has 0 rings (SSSR count). The van der Waals surface area contributed by atoms with Gasteiger partial charge in [-0.25, -0.2) is 4.79 Å². The van der Waals surface area contributed by atoms with Gasteiger partial charge in [0, 0.05) is 25.6 Å². The van der Waals surface area contributed by atoms with E-state index in [0.717, 1.165) is 0 Å². The molecule has 0 spiro atoms. The van der Waals surface area contributed by atoms with E-state index in [0.29, 0.717) is 18.1 Å². The first-order chi connectivity index (χ1) is 7.61. The second-order valence-electron chi connectivity index (χ2n) is 2.71. The van der Waals surface area contributed by atoms with Crippen LogP contribution in [0.3, 0.4) is 0 Å². The maximum Gasteiger partial charge on any atom is 0.406 e. The first-order valence-electron chi connectivity index (χ1n) is 4.68. The number of ether oxygens (including phenoxy) is 1. The lowest BCUT2D eigenvalue weighted by Crippen LogP contribution is -2.40. The van der Waals surface area contributed by atoms with Crippen molar-refractivity contribution in [2.45, 2.75) is 6.04 Å². The topological polar surface area (TPSA) is 93.4 Å². The monoisotopic (exact) mass is 267 g/mol. The maximum atomic E-state index is 11.0. The first kappa shape index (κ1) is 15.4. The summed E-state index contributed by atoms with van der Waals surface area (Å²) in [5.41, 5.74) is 5.57. The lowest BCUT2D eigenvalue weighted by Gasteiger charge is -2.08.